The van der Waals surface area contributed by atoms with E-state index < -0.39 is 113 Å². The fourth-order valence-electron chi connectivity index (χ4n) is 13.7. The zero-order valence-electron chi connectivity index (χ0n) is 56.4. The number of ether oxygens (including phenoxy) is 8. The summed E-state index contributed by atoms with van der Waals surface area (Å²) in [6.45, 7) is 7.51. The lowest BCUT2D eigenvalue weighted by atomic mass is 9.76. The normalized spacial score (nSPS) is 15.0. The van der Waals surface area contributed by atoms with Gasteiger partial charge in [-0.25, -0.2) is 19.2 Å². The van der Waals surface area contributed by atoms with E-state index in [0.717, 1.165) is 12.1 Å². The topological polar surface area (TPSA) is 315 Å². The molecule has 0 saturated heterocycles. The van der Waals surface area contributed by atoms with Crippen molar-refractivity contribution in [1.29, 1.82) is 0 Å². The van der Waals surface area contributed by atoms with E-state index in [4.69, 9.17) is 37.9 Å². The highest BCUT2D eigenvalue weighted by molar-refractivity contribution is 5.94. The Labute approximate surface area is 593 Å². The minimum Gasteiger partial charge on any atom is -0.450 e. The van der Waals surface area contributed by atoms with Crippen LogP contribution in [-0.4, -0.2) is 43.6 Å². The van der Waals surface area contributed by atoms with Crippen molar-refractivity contribution in [1.82, 2.24) is 0 Å². The summed E-state index contributed by atoms with van der Waals surface area (Å²) in [6.07, 6.45) is 1.77. The third-order valence-corrected chi connectivity index (χ3v) is 18.5. The molecule has 10 aromatic rings. The van der Waals surface area contributed by atoms with Crippen molar-refractivity contribution in [3.8, 4) is 69.0 Å². The molecule has 2 heterocycles. The van der Waals surface area contributed by atoms with Crippen molar-refractivity contribution in [2.45, 2.75) is 103 Å². The SMILES string of the molecule is CCCC1c2cc(c(OC(=O)c3ccccc3)cc2OC(=O)c2ccccc2)C(CCC)c2cc3c4cc2Oc2cc(c([N+](=O)[O-])cc2[N+](=O)[O-])Oc2cc(c(cc21)C(CCC)c1cc(c(OC(=O)c2ccccc2)cc1OC(=O)c1ccccc1)C3CCC)Oc1cc(c([N+](=O)[O-])cc1[N+](=O)[O-])O4. The monoisotopic (exact) mass is 1400 g/mol. The number of benzene rings is 10. The Morgan fingerprint density at radius 1 is 0.288 bits per heavy atom. The number of nitro groups is 4. The Balaban J connectivity index is 1.28. The summed E-state index contributed by atoms with van der Waals surface area (Å²) >= 11 is 0. The van der Waals surface area contributed by atoms with Crippen LogP contribution in [0.1, 0.15) is 189 Å². The van der Waals surface area contributed by atoms with E-state index in [1.807, 2.05) is 27.7 Å². The van der Waals surface area contributed by atoms with Gasteiger partial charge in [-0.3, -0.25) is 40.5 Å². The lowest BCUT2D eigenvalue weighted by Crippen LogP contribution is -2.18. The lowest BCUT2D eigenvalue weighted by Gasteiger charge is -2.32. The molecule has 0 spiro atoms. The first-order valence-electron chi connectivity index (χ1n) is 33.8. The molecular weight excluding hydrogens is 1340 g/mol. The average Bonchev–Trinajstić information content (AvgIpc) is 0.733. The second-order valence-corrected chi connectivity index (χ2v) is 25.1. The largest absolute Gasteiger partial charge is 0.450 e. The maximum Gasteiger partial charge on any atom is 0.343 e. The summed E-state index contributed by atoms with van der Waals surface area (Å²) in [6, 6.07) is 47.9. The van der Waals surface area contributed by atoms with Gasteiger partial charge in [0, 0.05) is 105 Å². The van der Waals surface area contributed by atoms with Crippen LogP contribution in [0.3, 0.4) is 0 Å². The van der Waals surface area contributed by atoms with E-state index in [0.29, 0.717) is 37.8 Å². The zero-order valence-corrected chi connectivity index (χ0v) is 56.4. The van der Waals surface area contributed by atoms with Gasteiger partial charge < -0.3 is 37.9 Å². The molecule has 24 nitrogen and oxygen atoms in total. The van der Waals surface area contributed by atoms with Crippen molar-refractivity contribution < 1.29 is 76.8 Å². The van der Waals surface area contributed by atoms with Gasteiger partial charge >= 0.3 is 46.6 Å². The minimum atomic E-state index is -1.10. The van der Waals surface area contributed by atoms with Gasteiger partial charge in [0.1, 0.15) is 58.1 Å². The molecule has 4 atom stereocenters. The Morgan fingerprint density at radius 3 is 0.692 bits per heavy atom. The van der Waals surface area contributed by atoms with Crippen molar-refractivity contribution in [3.63, 3.8) is 0 Å². The fraction of sp³-hybridized carbons (Fsp3) is 0.200. The average molecular weight is 1400 g/mol. The van der Waals surface area contributed by atoms with E-state index >= 15 is 0 Å². The van der Waals surface area contributed by atoms with Gasteiger partial charge in [0.05, 0.1) is 41.9 Å². The number of carbonyl (C=O) groups excluding carboxylic acids is 4. The number of nitrogens with zero attached hydrogens (tertiary/aromatic N) is 4. The summed E-state index contributed by atoms with van der Waals surface area (Å²) in [5, 5.41) is 54.4. The molecule has 12 rings (SSSR count). The summed E-state index contributed by atoms with van der Waals surface area (Å²) < 4.78 is 54.2. The third kappa shape index (κ3) is 13.8. The molecule has 0 N–H and O–H groups in total. The second kappa shape index (κ2) is 29.6. The lowest BCUT2D eigenvalue weighted by molar-refractivity contribution is -0.395. The Bertz CT molecular complexity index is 4500. The molecule has 2 aliphatic rings. The molecule has 0 aliphatic carbocycles. The van der Waals surface area contributed by atoms with Crippen molar-refractivity contribution >= 4 is 46.6 Å². The Morgan fingerprint density at radius 2 is 0.490 bits per heavy atom. The molecule has 0 aromatic heterocycles. The fourth-order valence-corrected chi connectivity index (χ4v) is 13.7. The van der Waals surface area contributed by atoms with Crippen LogP contribution in [0.5, 0.6) is 69.0 Å². The van der Waals surface area contributed by atoms with Gasteiger partial charge in [-0.2, -0.15) is 0 Å². The van der Waals surface area contributed by atoms with Crippen LogP contribution >= 0.6 is 0 Å². The number of carbonyl (C=O) groups is 4. The van der Waals surface area contributed by atoms with Gasteiger partial charge in [-0.1, -0.05) is 126 Å². The van der Waals surface area contributed by atoms with E-state index in [1.165, 1.54) is 24.3 Å². The maximum atomic E-state index is 14.9. The summed E-state index contributed by atoms with van der Waals surface area (Å²) in [7, 11) is 0. The first-order chi connectivity index (χ1) is 50.3. The number of nitro benzene ring substituents is 4. The van der Waals surface area contributed by atoms with Gasteiger partial charge in [0.2, 0.25) is 23.0 Å². The van der Waals surface area contributed by atoms with Crippen molar-refractivity contribution in [2.75, 3.05) is 0 Å². The molecule has 0 saturated carbocycles. The quantitative estimate of drug-likeness (QED) is 0.0296. The maximum absolute atomic E-state index is 14.9. The Hall–Kier alpha value is -13.1. The summed E-state index contributed by atoms with van der Waals surface area (Å²) in [5.41, 5.74) is -1.53. The van der Waals surface area contributed by atoms with Crippen LogP contribution in [-0.2, 0) is 0 Å². The number of rotatable bonds is 20. The Kier molecular flexibility index (Phi) is 19.7. The van der Waals surface area contributed by atoms with Crippen LogP contribution in [0, 0.1) is 40.5 Å². The van der Waals surface area contributed by atoms with Crippen LogP contribution < -0.4 is 37.9 Å². The highest BCUT2D eigenvalue weighted by Crippen LogP contribution is 2.58. The molecule has 10 aromatic carbocycles. The molecule has 8 bridgehead atoms. The minimum absolute atomic E-state index is 0.116. The molecule has 4 unspecified atom stereocenters. The predicted octanol–water partition coefficient (Wildman–Crippen LogP) is 20.0. The molecule has 0 amide bonds. The van der Waals surface area contributed by atoms with Crippen molar-refractivity contribution in [2.24, 2.45) is 0 Å². The number of fused-ring (bicyclic) bond motifs is 12. The van der Waals surface area contributed by atoms with Crippen molar-refractivity contribution in [3.05, 3.63) is 301 Å². The standard InChI is InChI=1S/C80H64N4O20/c1-5-21-49-53-33-54-50(22-6-2)59-36-60(72(104-80(88)48-31-19-12-20-32-48)42-71(59)103-79(87)47-29-17-11-18-30-47)52(24-8-4)56-34-55(51(23-7-3)58-35-57(49)69(101-77(85)45-25-13-9-14-26-45)41-70(58)102-78(86)46-27-15-10-16-28-46)67-40-68(56)100-76-44-75(63(83(93)94)38-64(76)84(95)96)98-66(54)39-65(53)97-73-43-74(99-67)62(82(91)92)37-61(73)81(89)90/h9-20,25-44,49-52H,5-8,21-24H2,1-4H3. The summed E-state index contributed by atoms with van der Waals surface area (Å²) in [5.74, 6) is -11.9. The smallest absolute Gasteiger partial charge is 0.343 e. The van der Waals surface area contributed by atoms with Crippen LogP contribution in [0.4, 0.5) is 22.7 Å². The molecule has 104 heavy (non-hydrogen) atoms. The molecule has 524 valence electrons. The first kappa shape index (κ1) is 69.4. The van der Waals surface area contributed by atoms with Gasteiger partial charge in [-0.05, 0) is 98.5 Å². The highest BCUT2D eigenvalue weighted by Gasteiger charge is 2.41. The highest BCUT2D eigenvalue weighted by atomic mass is 16.7. The third-order valence-electron chi connectivity index (χ3n) is 18.5. The molecular formula is C80H64N4O20. The van der Waals surface area contributed by atoms with E-state index in [1.54, 1.807) is 146 Å². The molecule has 2 aliphatic heterocycles. The van der Waals surface area contributed by atoms with Crippen LogP contribution in [0.15, 0.2) is 194 Å². The van der Waals surface area contributed by atoms with Crippen LogP contribution in [0.25, 0.3) is 0 Å². The molecule has 24 heteroatoms. The van der Waals surface area contributed by atoms with Gasteiger partial charge in [0.25, 0.3) is 0 Å². The van der Waals surface area contributed by atoms with E-state index in [2.05, 4.69) is 0 Å². The van der Waals surface area contributed by atoms with Gasteiger partial charge in [0.15, 0.2) is 0 Å². The number of hydrogen-bond donors (Lipinski definition) is 0. The van der Waals surface area contributed by atoms with Crippen LogP contribution in [0.2, 0.25) is 0 Å². The first-order valence-corrected chi connectivity index (χ1v) is 33.8. The zero-order chi connectivity index (χ0) is 73.0. The molecule has 0 radical (unpaired) electrons. The number of hydrogen-bond acceptors (Lipinski definition) is 20. The predicted molar refractivity (Wildman–Crippen MR) is 378 cm³/mol. The second-order valence-electron chi connectivity index (χ2n) is 25.1. The molecule has 0 fully saturated rings. The van der Waals surface area contributed by atoms with E-state index in [9.17, 15) is 59.6 Å². The van der Waals surface area contributed by atoms with Gasteiger partial charge in [-0.15, -0.1) is 0 Å². The number of esters is 4. The summed E-state index contributed by atoms with van der Waals surface area (Å²) in [4.78, 5) is 110. The van der Waals surface area contributed by atoms with E-state index in [-0.39, 0.29) is 138 Å².